The summed E-state index contributed by atoms with van der Waals surface area (Å²) in [4.78, 5) is 43.8. The summed E-state index contributed by atoms with van der Waals surface area (Å²) < 4.78 is 40.7. The second-order valence-electron chi connectivity index (χ2n) is 9.91. The lowest BCUT2D eigenvalue weighted by Crippen LogP contribution is -2.45. The van der Waals surface area contributed by atoms with Crippen molar-refractivity contribution < 1.29 is 22.7 Å². The Morgan fingerprint density at radius 2 is 1.75 bits per heavy atom. The molecule has 0 aliphatic heterocycles. The van der Waals surface area contributed by atoms with E-state index in [1.807, 2.05) is 0 Å². The van der Waals surface area contributed by atoms with E-state index in [1.165, 1.54) is 24.3 Å². The Kier molecular flexibility index (Phi) is 7.39. The van der Waals surface area contributed by atoms with Crippen LogP contribution in [0, 0.1) is 5.82 Å². The molecule has 1 saturated carbocycles. The first-order valence-corrected chi connectivity index (χ1v) is 14.6. The zero-order valence-corrected chi connectivity index (χ0v) is 22.3. The summed E-state index contributed by atoms with van der Waals surface area (Å²) in [5, 5.41) is 13.1. The fraction of sp³-hybridized carbons (Fsp3) is 0.286. The molecule has 5 rings (SSSR count). The molecule has 2 heterocycles. The molecule has 2 N–H and O–H groups in total. The van der Waals surface area contributed by atoms with Crippen molar-refractivity contribution in [1.82, 2.24) is 19.4 Å². The zero-order valence-electron chi connectivity index (χ0n) is 21.5. The number of benzene rings is 2. The number of hydrogen-bond donors (Lipinski definition) is 2. The predicted molar refractivity (Wildman–Crippen MR) is 146 cm³/mol. The summed E-state index contributed by atoms with van der Waals surface area (Å²) in [6, 6.07) is 14.4. The van der Waals surface area contributed by atoms with Crippen molar-refractivity contribution in [2.24, 2.45) is 0 Å². The van der Waals surface area contributed by atoms with Gasteiger partial charge in [0, 0.05) is 18.3 Å². The zero-order chi connectivity index (χ0) is 28.6. The smallest absolute Gasteiger partial charge is 0.337 e. The van der Waals surface area contributed by atoms with Crippen LogP contribution in [0.1, 0.15) is 43.4 Å². The molecule has 0 saturated heterocycles. The van der Waals surface area contributed by atoms with Crippen LogP contribution in [0.15, 0.2) is 81.3 Å². The highest BCUT2D eigenvalue weighted by molar-refractivity contribution is 7.90. The van der Waals surface area contributed by atoms with Gasteiger partial charge in [-0.25, -0.2) is 27.2 Å². The van der Waals surface area contributed by atoms with Gasteiger partial charge < -0.3 is 10.4 Å². The van der Waals surface area contributed by atoms with Crippen LogP contribution < -0.4 is 16.6 Å². The number of nitrogens with one attached hydrogen (secondary N) is 1. The van der Waals surface area contributed by atoms with E-state index in [0.29, 0.717) is 31.2 Å². The van der Waals surface area contributed by atoms with Gasteiger partial charge in [0.05, 0.1) is 22.2 Å². The van der Waals surface area contributed by atoms with Gasteiger partial charge in [0.15, 0.2) is 21.6 Å². The third kappa shape index (κ3) is 5.32. The number of amides is 1. The molecule has 1 aliphatic rings. The average Bonchev–Trinajstić information content (AvgIpc) is 2.94. The first-order valence-electron chi connectivity index (χ1n) is 12.7. The van der Waals surface area contributed by atoms with Crippen molar-refractivity contribution >= 4 is 26.8 Å². The fourth-order valence-electron chi connectivity index (χ4n) is 5.14. The van der Waals surface area contributed by atoms with E-state index in [-0.39, 0.29) is 27.7 Å². The molecule has 1 unspecified atom stereocenters. The van der Waals surface area contributed by atoms with E-state index in [1.54, 1.807) is 30.3 Å². The molecule has 2 aromatic heterocycles. The van der Waals surface area contributed by atoms with Gasteiger partial charge in [-0.3, -0.25) is 14.2 Å². The van der Waals surface area contributed by atoms with E-state index >= 15 is 0 Å². The molecule has 208 valence electrons. The number of carbonyl (C=O) groups is 1. The molecule has 0 bridgehead atoms. The van der Waals surface area contributed by atoms with Crippen LogP contribution in [-0.2, 0) is 14.6 Å². The number of sulfone groups is 1. The van der Waals surface area contributed by atoms with Crippen molar-refractivity contribution in [3.63, 3.8) is 0 Å². The first kappa shape index (κ1) is 27.4. The van der Waals surface area contributed by atoms with Crippen molar-refractivity contribution in [2.45, 2.75) is 48.8 Å². The van der Waals surface area contributed by atoms with Crippen molar-refractivity contribution in [2.75, 3.05) is 6.26 Å². The van der Waals surface area contributed by atoms with Gasteiger partial charge >= 0.3 is 5.69 Å². The molecule has 0 spiro atoms. The molecule has 40 heavy (non-hydrogen) atoms. The minimum absolute atomic E-state index is 0.0288. The Hall–Kier alpha value is -4.16. The number of rotatable bonds is 6. The number of pyridine rings is 1. The molecular weight excluding hydrogens is 539 g/mol. The van der Waals surface area contributed by atoms with Crippen LogP contribution in [0.2, 0.25) is 0 Å². The predicted octanol–water partition coefficient (Wildman–Crippen LogP) is 2.42. The second kappa shape index (κ2) is 10.8. The Labute approximate surface area is 228 Å². The quantitative estimate of drug-likeness (QED) is 0.365. The van der Waals surface area contributed by atoms with Gasteiger partial charge in [0.2, 0.25) is 0 Å². The second-order valence-corrected chi connectivity index (χ2v) is 11.9. The molecular formula is C28H27FN4O6S. The van der Waals surface area contributed by atoms with Crippen LogP contribution in [0.3, 0.4) is 0 Å². The monoisotopic (exact) mass is 566 g/mol. The van der Waals surface area contributed by atoms with Crippen LogP contribution in [0.25, 0.3) is 16.7 Å². The molecule has 2 aromatic carbocycles. The summed E-state index contributed by atoms with van der Waals surface area (Å²) in [6.07, 6.45) is 2.20. The Morgan fingerprint density at radius 3 is 2.42 bits per heavy atom. The van der Waals surface area contributed by atoms with Gasteiger partial charge in [0.25, 0.3) is 11.5 Å². The Morgan fingerprint density at radius 1 is 1.05 bits per heavy atom. The van der Waals surface area contributed by atoms with Crippen molar-refractivity contribution in [1.29, 1.82) is 0 Å². The maximum atomic E-state index is 14.2. The molecule has 1 aliphatic carbocycles. The van der Waals surface area contributed by atoms with E-state index in [9.17, 15) is 32.3 Å². The number of halogens is 1. The van der Waals surface area contributed by atoms with Crippen molar-refractivity contribution in [3.05, 3.63) is 99.1 Å². The van der Waals surface area contributed by atoms with Crippen molar-refractivity contribution in [3.8, 4) is 5.69 Å². The fourth-order valence-corrected chi connectivity index (χ4v) is 5.80. The summed E-state index contributed by atoms with van der Waals surface area (Å²) in [7, 11) is -3.60. The molecule has 10 nitrogen and oxygen atoms in total. The molecule has 12 heteroatoms. The molecule has 1 amide bonds. The van der Waals surface area contributed by atoms with Gasteiger partial charge in [-0.2, -0.15) is 0 Å². The highest BCUT2D eigenvalue weighted by atomic mass is 32.2. The first-order chi connectivity index (χ1) is 19.0. The standard InChI is InChI=1S/C28H27FN4O6S/c1-40(38,39)22-9-5-8-21(15-22)32-25-23(14-18(29)16-30-25)27(36)33(28(32)37)20-12-10-19(11-13-20)31-26(35)24(34)17-6-3-2-4-7-17/h2-9,14-16,19-20,24,34H,10-13H2,1H3,(H,31,35). The lowest BCUT2D eigenvalue weighted by atomic mass is 9.90. The van der Waals surface area contributed by atoms with Gasteiger partial charge in [-0.15, -0.1) is 0 Å². The molecule has 0 radical (unpaired) electrons. The van der Waals surface area contributed by atoms with E-state index in [2.05, 4.69) is 10.3 Å². The average molecular weight is 567 g/mol. The Balaban J connectivity index is 1.47. The largest absolute Gasteiger partial charge is 0.378 e. The number of carbonyl (C=O) groups excluding carboxylic acids is 1. The highest BCUT2D eigenvalue weighted by Gasteiger charge is 2.29. The SMILES string of the molecule is CS(=O)(=O)c1cccc(-n2c(=O)n(C3CCC(NC(=O)C(O)c4ccccc4)CC3)c(=O)c3cc(F)cnc32)c1. The van der Waals surface area contributed by atoms with Gasteiger partial charge in [0.1, 0.15) is 5.82 Å². The third-order valence-electron chi connectivity index (χ3n) is 7.17. The number of aliphatic hydroxyl groups is 1. The number of hydrogen-bond acceptors (Lipinski definition) is 7. The lowest BCUT2D eigenvalue weighted by Gasteiger charge is -2.31. The lowest BCUT2D eigenvalue weighted by molar-refractivity contribution is -0.130. The minimum Gasteiger partial charge on any atom is -0.378 e. The third-order valence-corrected chi connectivity index (χ3v) is 8.28. The summed E-state index contributed by atoms with van der Waals surface area (Å²) in [5.41, 5.74) is -0.878. The molecule has 4 aromatic rings. The number of aromatic nitrogens is 3. The Bertz CT molecular complexity index is 1810. The van der Waals surface area contributed by atoms with E-state index < -0.39 is 45.0 Å². The summed E-state index contributed by atoms with van der Waals surface area (Å²) in [6.45, 7) is 0. The topological polar surface area (TPSA) is 140 Å². The highest BCUT2D eigenvalue weighted by Crippen LogP contribution is 2.28. The number of fused-ring (bicyclic) bond motifs is 1. The number of nitrogens with zero attached hydrogens (tertiary/aromatic N) is 3. The normalized spacial score (nSPS) is 18.4. The maximum Gasteiger partial charge on any atom is 0.337 e. The van der Waals surface area contributed by atoms with Crippen LogP contribution >= 0.6 is 0 Å². The van der Waals surface area contributed by atoms with Gasteiger partial charge in [-0.1, -0.05) is 36.4 Å². The number of aliphatic hydroxyl groups excluding tert-OH is 1. The molecule has 1 fully saturated rings. The maximum absolute atomic E-state index is 14.2. The summed E-state index contributed by atoms with van der Waals surface area (Å²) in [5.74, 6) is -1.29. The van der Waals surface area contributed by atoms with Crippen LogP contribution in [0.4, 0.5) is 4.39 Å². The van der Waals surface area contributed by atoms with Gasteiger partial charge in [-0.05, 0) is 55.5 Å². The van der Waals surface area contributed by atoms with Crippen LogP contribution in [0.5, 0.6) is 0 Å². The van der Waals surface area contributed by atoms with E-state index in [0.717, 1.165) is 27.7 Å². The van der Waals surface area contributed by atoms with E-state index in [4.69, 9.17) is 0 Å². The summed E-state index contributed by atoms with van der Waals surface area (Å²) >= 11 is 0. The minimum atomic E-state index is -3.60. The molecule has 1 atom stereocenters. The van der Waals surface area contributed by atoms with Crippen LogP contribution in [-0.4, -0.2) is 45.8 Å².